The zero-order valence-electron chi connectivity index (χ0n) is 25.4. The molecule has 11 heteroatoms. The third-order valence-electron chi connectivity index (χ3n) is 7.69. The standard InChI is InChI=1S/C34H35N6O3S2/c1-21-6-8-24(9-7-21)32-38-25(19-44-32)20-45-33-29(18-36)30(28(17-35)31(39-33)40-12-4-5-13-40)27-11-10-26(16-22(27)2)42-14-15-43-34(41)23(3)37/h6-11,16,19,22-23,27H,1,4-5,12-15,20,37H2,2-3H3/q-1/t22?,23-,27?/m0/s1. The first kappa shape index (κ1) is 32.2. The fourth-order valence-electron chi connectivity index (χ4n) is 5.36. The van der Waals surface area contributed by atoms with Crippen molar-refractivity contribution in [2.45, 2.75) is 43.7 Å². The van der Waals surface area contributed by atoms with Crippen LogP contribution in [-0.2, 0) is 14.3 Å². The molecular formula is C34H35N6O3S2-. The lowest BCUT2D eigenvalue weighted by Gasteiger charge is -2.28. The number of allylic oxidation sites excluding steroid dienone is 3. The molecule has 2 unspecified atom stereocenters. The first-order valence-corrected chi connectivity index (χ1v) is 16.7. The van der Waals surface area contributed by atoms with E-state index >= 15 is 0 Å². The van der Waals surface area contributed by atoms with Gasteiger partial charge in [0.1, 0.15) is 48.0 Å². The molecule has 9 nitrogen and oxygen atoms in total. The second kappa shape index (κ2) is 14.7. The minimum Gasteiger partial charge on any atom is -0.654 e. The molecule has 1 aromatic heterocycles. The Labute approximate surface area is 272 Å². The average Bonchev–Trinajstić information content (AvgIpc) is 3.75. The minimum absolute atomic E-state index is 0.0756. The molecule has 0 radical (unpaired) electrons. The number of nitrogens with zero attached hydrogens (tertiary/aromatic N) is 5. The smallest absolute Gasteiger partial charge is 0.322 e. The van der Waals surface area contributed by atoms with Crippen LogP contribution in [0.5, 0.6) is 0 Å². The van der Waals surface area contributed by atoms with Crippen LogP contribution in [0.2, 0.25) is 0 Å². The van der Waals surface area contributed by atoms with Gasteiger partial charge >= 0.3 is 5.97 Å². The van der Waals surface area contributed by atoms with E-state index in [0.29, 0.717) is 39.0 Å². The maximum absolute atomic E-state index is 11.6. The highest BCUT2D eigenvalue weighted by Crippen LogP contribution is 2.44. The summed E-state index contributed by atoms with van der Waals surface area (Å²) in [5.41, 5.74) is 8.00. The Morgan fingerprint density at radius 1 is 1.22 bits per heavy atom. The summed E-state index contributed by atoms with van der Waals surface area (Å²) < 4.78 is 10.9. The zero-order chi connectivity index (χ0) is 31.9. The molecule has 0 spiro atoms. The van der Waals surface area contributed by atoms with Crippen molar-refractivity contribution in [3.05, 3.63) is 91.8 Å². The highest BCUT2D eigenvalue weighted by atomic mass is 32.2. The summed E-state index contributed by atoms with van der Waals surface area (Å²) in [7, 11) is 0. The molecule has 2 N–H and O–H groups in total. The Kier molecular flexibility index (Phi) is 10.6. The van der Waals surface area contributed by atoms with Crippen molar-refractivity contribution in [2.24, 2.45) is 11.7 Å². The molecule has 3 aliphatic rings. The fourth-order valence-corrected chi connectivity index (χ4v) is 7.17. The number of nitrogens with two attached hydrogens (primary N) is 1. The number of aromatic nitrogens is 1. The van der Waals surface area contributed by atoms with Crippen LogP contribution < -0.4 is 21.1 Å². The number of pyridine rings is 1. The summed E-state index contributed by atoms with van der Waals surface area (Å²) in [6.45, 7) is 9.48. The third-order valence-corrected chi connectivity index (χ3v) is 9.63. The Balaban J connectivity index is 1.39. The van der Waals surface area contributed by atoms with Crippen LogP contribution in [0, 0.1) is 28.6 Å². The lowest BCUT2D eigenvalue weighted by molar-refractivity contribution is -0.145. The SMILES string of the molecule is C=c1ccc(=C2[N-]C(CSc3nc(N4CCCC4)c(C#N)c(C4C=CC(OCCOC(=O)[C@H](C)N)=CC4C)c3C#N)=CS2)cc1. The molecule has 0 bridgehead atoms. The van der Waals surface area contributed by atoms with Gasteiger partial charge in [-0.2, -0.15) is 10.5 Å². The predicted octanol–water partition coefficient (Wildman–Crippen LogP) is 4.74. The Morgan fingerprint density at radius 2 is 1.96 bits per heavy atom. The number of carbonyl (C=O) groups excluding carboxylic acids is 1. The number of benzene rings is 1. The van der Waals surface area contributed by atoms with Crippen LogP contribution in [0.25, 0.3) is 16.9 Å². The van der Waals surface area contributed by atoms with E-state index in [1.807, 2.05) is 54.8 Å². The Bertz CT molecular complexity index is 1730. The van der Waals surface area contributed by atoms with Gasteiger partial charge < -0.3 is 25.4 Å². The molecule has 5 rings (SSSR count). The van der Waals surface area contributed by atoms with E-state index in [2.05, 4.69) is 23.6 Å². The molecule has 1 saturated heterocycles. The van der Waals surface area contributed by atoms with Crippen molar-refractivity contribution in [1.82, 2.24) is 4.98 Å². The van der Waals surface area contributed by atoms with Crippen LogP contribution in [0.3, 0.4) is 0 Å². The van der Waals surface area contributed by atoms with E-state index in [1.165, 1.54) is 11.8 Å². The van der Waals surface area contributed by atoms with Crippen LogP contribution in [0.15, 0.2) is 64.4 Å². The summed E-state index contributed by atoms with van der Waals surface area (Å²) >= 11 is 3.06. The van der Waals surface area contributed by atoms with Gasteiger partial charge in [-0.25, -0.2) is 4.98 Å². The van der Waals surface area contributed by atoms with Crippen LogP contribution in [0.1, 0.15) is 49.3 Å². The van der Waals surface area contributed by atoms with E-state index in [9.17, 15) is 15.3 Å². The van der Waals surface area contributed by atoms with Crippen molar-refractivity contribution >= 4 is 46.9 Å². The highest BCUT2D eigenvalue weighted by molar-refractivity contribution is 8.11. The zero-order valence-corrected chi connectivity index (χ0v) is 27.0. The van der Waals surface area contributed by atoms with E-state index in [-0.39, 0.29) is 25.0 Å². The van der Waals surface area contributed by atoms with E-state index in [1.54, 1.807) is 18.7 Å². The first-order chi connectivity index (χ1) is 21.8. The summed E-state index contributed by atoms with van der Waals surface area (Å²) in [4.78, 5) is 18.7. The van der Waals surface area contributed by atoms with Gasteiger partial charge in [-0.1, -0.05) is 48.9 Å². The lowest BCUT2D eigenvalue weighted by atomic mass is 9.80. The van der Waals surface area contributed by atoms with Crippen molar-refractivity contribution in [2.75, 3.05) is 37.0 Å². The molecule has 0 saturated carbocycles. The van der Waals surface area contributed by atoms with Gasteiger partial charge in [0.05, 0.1) is 11.1 Å². The van der Waals surface area contributed by atoms with E-state index in [0.717, 1.165) is 47.1 Å². The number of thioether (sulfide) groups is 2. The van der Waals surface area contributed by atoms with Gasteiger partial charge in [0.2, 0.25) is 0 Å². The van der Waals surface area contributed by atoms with Crippen LogP contribution in [0.4, 0.5) is 5.82 Å². The summed E-state index contributed by atoms with van der Waals surface area (Å²) in [5, 5.41) is 31.3. The molecule has 2 aliphatic heterocycles. The molecular weight excluding hydrogens is 605 g/mol. The second-order valence-corrected chi connectivity index (χ2v) is 12.9. The molecule has 2 aromatic rings. The monoisotopic (exact) mass is 639 g/mol. The fraction of sp³-hybridized carbons (Fsp3) is 0.353. The van der Waals surface area contributed by atoms with Crippen molar-refractivity contribution < 1.29 is 14.3 Å². The maximum atomic E-state index is 11.6. The summed E-state index contributed by atoms with van der Waals surface area (Å²) in [6, 6.07) is 12.1. The number of anilines is 1. The van der Waals surface area contributed by atoms with Gasteiger partial charge in [0, 0.05) is 30.3 Å². The van der Waals surface area contributed by atoms with Crippen molar-refractivity contribution in [3.8, 4) is 12.1 Å². The van der Waals surface area contributed by atoms with Gasteiger partial charge in [-0.05, 0) is 53.7 Å². The molecule has 1 aliphatic carbocycles. The normalized spacial score (nSPS) is 19.7. The van der Waals surface area contributed by atoms with Crippen LogP contribution in [-0.4, -0.2) is 49.1 Å². The molecule has 1 aromatic carbocycles. The van der Waals surface area contributed by atoms with Crippen molar-refractivity contribution in [3.63, 3.8) is 0 Å². The Hall–Kier alpha value is -4.16. The lowest BCUT2D eigenvalue weighted by Crippen LogP contribution is -2.29. The molecule has 3 atom stereocenters. The maximum Gasteiger partial charge on any atom is 0.322 e. The number of hydrogen-bond donors (Lipinski definition) is 1. The van der Waals surface area contributed by atoms with E-state index in [4.69, 9.17) is 25.5 Å². The molecule has 1 fully saturated rings. The minimum atomic E-state index is -0.687. The quantitative estimate of drug-likeness (QED) is 0.220. The Morgan fingerprint density at radius 3 is 2.62 bits per heavy atom. The number of esters is 1. The van der Waals surface area contributed by atoms with Gasteiger partial charge in [0.25, 0.3) is 0 Å². The van der Waals surface area contributed by atoms with Crippen molar-refractivity contribution in [1.29, 1.82) is 10.5 Å². The first-order valence-electron chi connectivity index (χ1n) is 14.9. The van der Waals surface area contributed by atoms with Gasteiger partial charge in [-0.15, -0.1) is 29.2 Å². The second-order valence-electron chi connectivity index (χ2n) is 11.1. The number of hydrogen-bond acceptors (Lipinski definition) is 10. The molecule has 232 valence electrons. The third kappa shape index (κ3) is 7.56. The van der Waals surface area contributed by atoms with Gasteiger partial charge in [0.15, 0.2) is 0 Å². The molecule has 3 heterocycles. The molecule has 0 amide bonds. The number of carbonyl (C=O) groups is 1. The predicted molar refractivity (Wildman–Crippen MR) is 179 cm³/mol. The molecule has 45 heavy (non-hydrogen) atoms. The highest BCUT2D eigenvalue weighted by Gasteiger charge is 2.31. The summed E-state index contributed by atoms with van der Waals surface area (Å²) in [6.07, 6.45) is 7.87. The summed E-state index contributed by atoms with van der Waals surface area (Å²) in [5.74, 6) is 1.03. The number of ether oxygens (including phenoxy) is 2. The number of rotatable bonds is 10. The largest absolute Gasteiger partial charge is 0.654 e. The van der Waals surface area contributed by atoms with Crippen LogP contribution >= 0.6 is 23.5 Å². The topological polar surface area (TPSA) is 139 Å². The average molecular weight is 640 g/mol. The van der Waals surface area contributed by atoms with E-state index < -0.39 is 12.0 Å². The number of nitriles is 2. The van der Waals surface area contributed by atoms with Gasteiger partial charge in [-0.3, -0.25) is 4.79 Å².